The van der Waals surface area contributed by atoms with Gasteiger partial charge in [-0.2, -0.15) is 5.26 Å². The van der Waals surface area contributed by atoms with Crippen molar-refractivity contribution < 1.29 is 19.1 Å². The highest BCUT2D eigenvalue weighted by Crippen LogP contribution is 2.39. The highest BCUT2D eigenvalue weighted by atomic mass is 35.5. The lowest BCUT2D eigenvalue weighted by atomic mass is 9.98. The number of carbonyl (C=O) groups excluding carboxylic acids is 2. The van der Waals surface area contributed by atoms with Gasteiger partial charge in [-0.15, -0.1) is 0 Å². The lowest BCUT2D eigenvalue weighted by Crippen LogP contribution is -2.48. The zero-order valence-electron chi connectivity index (χ0n) is 14.8. The number of rotatable bonds is 7. The van der Waals surface area contributed by atoms with E-state index in [0.29, 0.717) is 10.8 Å². The molecule has 1 aliphatic carbocycles. The fourth-order valence-corrected chi connectivity index (χ4v) is 3.12. The summed E-state index contributed by atoms with van der Waals surface area (Å²) in [6.45, 7) is 0.893. The second kappa shape index (κ2) is 7.85. The quantitative estimate of drug-likeness (QED) is 0.738. The number of amides is 1. The molecule has 0 saturated heterocycles. The van der Waals surface area contributed by atoms with Crippen LogP contribution in [0.1, 0.15) is 19.8 Å². The van der Waals surface area contributed by atoms with Gasteiger partial charge in [0.15, 0.2) is 13.2 Å². The van der Waals surface area contributed by atoms with Crippen LogP contribution >= 0.6 is 11.6 Å². The second-order valence-corrected chi connectivity index (χ2v) is 7.08. The largest absolute Gasteiger partial charge is 0.481 e. The molecule has 0 aromatic heterocycles. The van der Waals surface area contributed by atoms with Crippen molar-refractivity contribution in [1.29, 1.82) is 5.26 Å². The van der Waals surface area contributed by atoms with E-state index in [-0.39, 0.29) is 12.5 Å². The van der Waals surface area contributed by atoms with Crippen LogP contribution in [-0.4, -0.2) is 30.6 Å². The molecule has 2 aromatic carbocycles. The molecule has 0 spiro atoms. The van der Waals surface area contributed by atoms with Gasteiger partial charge < -0.3 is 14.8 Å². The summed E-state index contributed by atoms with van der Waals surface area (Å²) < 4.78 is 10.5. The van der Waals surface area contributed by atoms with Crippen molar-refractivity contribution >= 4 is 34.2 Å². The van der Waals surface area contributed by atoms with Crippen molar-refractivity contribution in [2.24, 2.45) is 5.92 Å². The molecule has 6 nitrogen and oxygen atoms in total. The molecular weight excluding hydrogens is 368 g/mol. The highest BCUT2D eigenvalue weighted by molar-refractivity contribution is 6.35. The Morgan fingerprint density at radius 3 is 2.59 bits per heavy atom. The third-order valence-electron chi connectivity index (χ3n) is 4.57. The molecule has 1 fully saturated rings. The third kappa shape index (κ3) is 4.50. The van der Waals surface area contributed by atoms with Crippen molar-refractivity contribution in [3.05, 3.63) is 41.4 Å². The number of fused-ring (bicyclic) bond motifs is 1. The summed E-state index contributed by atoms with van der Waals surface area (Å²) in [5, 5.41) is 14.1. The fraction of sp³-hybridized carbons (Fsp3) is 0.350. The SMILES string of the molecule is C[C@@](C#N)(NC(=O)COC(=O)COc1ccc(Cl)c2ccccc12)C1CC1. The summed E-state index contributed by atoms with van der Waals surface area (Å²) in [4.78, 5) is 23.8. The average molecular weight is 387 g/mol. The summed E-state index contributed by atoms with van der Waals surface area (Å²) in [5.74, 6) is -0.517. The Labute approximate surface area is 162 Å². The van der Waals surface area contributed by atoms with Gasteiger partial charge in [0.1, 0.15) is 11.3 Å². The standard InChI is InChI=1S/C20H19ClN2O4/c1-20(12-22,13-6-7-13)23-18(24)10-27-19(25)11-26-17-9-8-16(21)14-4-2-3-5-15(14)17/h2-5,8-9,13H,6-7,10-11H2,1H3,(H,23,24)/t20-/m0/s1. The maximum atomic E-state index is 11.9. The molecule has 1 amide bonds. The van der Waals surface area contributed by atoms with Gasteiger partial charge >= 0.3 is 5.97 Å². The molecule has 2 aromatic rings. The van der Waals surface area contributed by atoms with E-state index in [4.69, 9.17) is 21.1 Å². The number of nitrogens with zero attached hydrogens (tertiary/aromatic N) is 1. The van der Waals surface area contributed by atoms with Crippen LogP contribution in [0.15, 0.2) is 36.4 Å². The zero-order valence-corrected chi connectivity index (χ0v) is 15.6. The van der Waals surface area contributed by atoms with E-state index >= 15 is 0 Å². The first-order chi connectivity index (χ1) is 12.9. The van der Waals surface area contributed by atoms with Gasteiger partial charge in [-0.25, -0.2) is 4.79 Å². The maximum Gasteiger partial charge on any atom is 0.344 e. The first-order valence-electron chi connectivity index (χ1n) is 8.61. The van der Waals surface area contributed by atoms with Crippen molar-refractivity contribution in [2.45, 2.75) is 25.3 Å². The number of esters is 1. The molecule has 1 saturated carbocycles. The van der Waals surface area contributed by atoms with Crippen LogP contribution < -0.4 is 10.1 Å². The molecule has 7 heteroatoms. The van der Waals surface area contributed by atoms with Gasteiger partial charge in [-0.05, 0) is 37.8 Å². The van der Waals surface area contributed by atoms with E-state index in [0.717, 1.165) is 23.6 Å². The number of hydrogen-bond donors (Lipinski definition) is 1. The summed E-state index contributed by atoms with van der Waals surface area (Å²) in [6.07, 6.45) is 1.82. The summed E-state index contributed by atoms with van der Waals surface area (Å²) >= 11 is 6.15. The molecule has 1 N–H and O–H groups in total. The Morgan fingerprint density at radius 2 is 1.93 bits per heavy atom. The van der Waals surface area contributed by atoms with Crippen molar-refractivity contribution in [2.75, 3.05) is 13.2 Å². The van der Waals surface area contributed by atoms with Gasteiger partial charge in [0, 0.05) is 15.8 Å². The molecule has 3 rings (SSSR count). The monoisotopic (exact) mass is 386 g/mol. The molecule has 140 valence electrons. The Kier molecular flexibility index (Phi) is 5.52. The van der Waals surface area contributed by atoms with E-state index in [1.54, 1.807) is 19.1 Å². The van der Waals surface area contributed by atoms with Crippen LogP contribution in [0, 0.1) is 17.2 Å². The van der Waals surface area contributed by atoms with Gasteiger partial charge in [-0.3, -0.25) is 4.79 Å². The van der Waals surface area contributed by atoms with Crippen LogP contribution in [0.3, 0.4) is 0 Å². The minimum absolute atomic E-state index is 0.156. The smallest absolute Gasteiger partial charge is 0.344 e. The minimum Gasteiger partial charge on any atom is -0.481 e. The molecule has 0 aliphatic heterocycles. The van der Waals surface area contributed by atoms with Crippen LogP contribution in [0.5, 0.6) is 5.75 Å². The Balaban J connectivity index is 1.51. The Morgan fingerprint density at radius 1 is 1.22 bits per heavy atom. The number of ether oxygens (including phenoxy) is 2. The van der Waals surface area contributed by atoms with Crippen LogP contribution in [0.25, 0.3) is 10.8 Å². The molecule has 0 unspecified atom stereocenters. The number of nitrogens with one attached hydrogen (secondary N) is 1. The Hall–Kier alpha value is -2.78. The van der Waals surface area contributed by atoms with Crippen molar-refractivity contribution in [3.63, 3.8) is 0 Å². The molecule has 0 heterocycles. The lowest BCUT2D eigenvalue weighted by Gasteiger charge is -2.22. The first kappa shape index (κ1) is 19.0. The highest BCUT2D eigenvalue weighted by Gasteiger charge is 2.43. The fourth-order valence-electron chi connectivity index (χ4n) is 2.89. The van der Waals surface area contributed by atoms with Crippen molar-refractivity contribution in [3.8, 4) is 11.8 Å². The van der Waals surface area contributed by atoms with Crippen LogP contribution in [0.2, 0.25) is 5.02 Å². The zero-order chi connectivity index (χ0) is 19.4. The average Bonchev–Trinajstić information content (AvgIpc) is 3.52. The predicted molar refractivity (Wildman–Crippen MR) is 100 cm³/mol. The molecule has 1 aliphatic rings. The van der Waals surface area contributed by atoms with Gasteiger partial charge in [0.05, 0.1) is 6.07 Å². The lowest BCUT2D eigenvalue weighted by molar-refractivity contribution is -0.150. The van der Waals surface area contributed by atoms with Crippen LogP contribution in [0.4, 0.5) is 0 Å². The predicted octanol–water partition coefficient (Wildman–Crippen LogP) is 3.22. The van der Waals surface area contributed by atoms with E-state index in [1.165, 1.54) is 0 Å². The maximum absolute atomic E-state index is 11.9. The summed E-state index contributed by atoms with van der Waals surface area (Å²) in [7, 11) is 0. The normalized spacial score (nSPS) is 15.4. The van der Waals surface area contributed by atoms with E-state index < -0.39 is 24.0 Å². The number of benzene rings is 2. The Bertz CT molecular complexity index is 920. The first-order valence-corrected chi connectivity index (χ1v) is 8.98. The van der Waals surface area contributed by atoms with Crippen molar-refractivity contribution in [1.82, 2.24) is 5.32 Å². The summed E-state index contributed by atoms with van der Waals surface area (Å²) in [6, 6.07) is 12.9. The molecular formula is C20H19ClN2O4. The third-order valence-corrected chi connectivity index (χ3v) is 4.90. The minimum atomic E-state index is -0.914. The van der Waals surface area contributed by atoms with E-state index in [9.17, 15) is 14.9 Å². The van der Waals surface area contributed by atoms with Gasteiger partial charge in [-0.1, -0.05) is 35.9 Å². The van der Waals surface area contributed by atoms with Crippen LogP contribution in [-0.2, 0) is 14.3 Å². The van der Waals surface area contributed by atoms with Gasteiger partial charge in [0.25, 0.3) is 5.91 Å². The molecule has 0 bridgehead atoms. The number of halogens is 1. The number of carbonyl (C=O) groups is 2. The van der Waals surface area contributed by atoms with E-state index in [1.807, 2.05) is 24.3 Å². The molecule has 0 radical (unpaired) electrons. The second-order valence-electron chi connectivity index (χ2n) is 6.68. The van der Waals surface area contributed by atoms with E-state index in [2.05, 4.69) is 11.4 Å². The van der Waals surface area contributed by atoms with Gasteiger partial charge in [0.2, 0.25) is 0 Å². The number of hydrogen-bond acceptors (Lipinski definition) is 5. The molecule has 1 atom stereocenters. The number of nitriles is 1. The summed E-state index contributed by atoms with van der Waals surface area (Å²) in [5.41, 5.74) is -0.914. The topological polar surface area (TPSA) is 88.4 Å². The molecule has 27 heavy (non-hydrogen) atoms.